The van der Waals surface area contributed by atoms with Crippen LogP contribution in [-0.4, -0.2) is 32.6 Å². The van der Waals surface area contributed by atoms with Crippen LogP contribution in [0.4, 0.5) is 11.4 Å². The number of allylic oxidation sites excluding steroid dienone is 1. The lowest BCUT2D eigenvalue weighted by Gasteiger charge is -2.32. The number of halogens is 1. The molecule has 33 heavy (non-hydrogen) atoms. The molecule has 0 amide bonds. The van der Waals surface area contributed by atoms with Crippen LogP contribution in [0, 0.1) is 11.8 Å². The van der Waals surface area contributed by atoms with Crippen molar-refractivity contribution in [2.75, 3.05) is 31.5 Å². The van der Waals surface area contributed by atoms with Crippen molar-refractivity contribution >= 4 is 39.1 Å². The zero-order valence-electron chi connectivity index (χ0n) is 19.0. The summed E-state index contributed by atoms with van der Waals surface area (Å²) in [6.07, 6.45) is 0.545. The van der Waals surface area contributed by atoms with Gasteiger partial charge in [-0.1, -0.05) is 19.1 Å². The van der Waals surface area contributed by atoms with E-state index >= 15 is 0 Å². The molecule has 2 aliphatic rings. The van der Waals surface area contributed by atoms with Gasteiger partial charge in [0.15, 0.2) is 17.3 Å². The van der Waals surface area contributed by atoms with Crippen LogP contribution < -0.4 is 20.1 Å². The highest BCUT2D eigenvalue weighted by molar-refractivity contribution is 9.10. The topological polar surface area (TPSA) is 85.9 Å². The van der Waals surface area contributed by atoms with Crippen LogP contribution in [0.2, 0.25) is 0 Å². The van der Waals surface area contributed by atoms with Gasteiger partial charge in [-0.2, -0.15) is 0 Å². The number of ether oxygens (including phenoxy) is 3. The minimum atomic E-state index is -0.853. The fraction of sp³-hybridized carbons (Fsp3) is 0.360. The van der Waals surface area contributed by atoms with Crippen LogP contribution >= 0.6 is 15.9 Å². The van der Waals surface area contributed by atoms with Crippen molar-refractivity contribution in [1.29, 1.82) is 0 Å². The van der Waals surface area contributed by atoms with Gasteiger partial charge in [-0.05, 0) is 65.0 Å². The number of rotatable bonds is 5. The molecule has 7 nitrogen and oxygen atoms in total. The molecular weight excluding hydrogens is 488 g/mol. The molecule has 4 rings (SSSR count). The Kier molecular flexibility index (Phi) is 6.65. The lowest BCUT2D eigenvalue weighted by atomic mass is 9.75. The summed E-state index contributed by atoms with van der Waals surface area (Å²) < 4.78 is 17.0. The predicted octanol–water partition coefficient (Wildman–Crippen LogP) is 5.09. The molecule has 1 aliphatic carbocycles. The molecule has 2 aromatic rings. The number of carbonyl (C=O) groups is 2. The first-order chi connectivity index (χ1) is 15.9. The number of carbonyl (C=O) groups excluding carboxylic acids is 2. The second-order valence-electron chi connectivity index (χ2n) is 8.15. The van der Waals surface area contributed by atoms with Crippen LogP contribution in [0.5, 0.6) is 11.5 Å². The minimum absolute atomic E-state index is 0.191. The summed E-state index contributed by atoms with van der Waals surface area (Å²) in [7, 11) is 2.90. The Bertz CT molecular complexity index is 1130. The third-order valence-corrected chi connectivity index (χ3v) is 6.68. The molecule has 2 aromatic carbocycles. The summed E-state index contributed by atoms with van der Waals surface area (Å²) in [4.78, 5) is 26.3. The molecule has 1 heterocycles. The van der Waals surface area contributed by atoms with Gasteiger partial charge >= 0.3 is 5.97 Å². The van der Waals surface area contributed by atoms with Gasteiger partial charge < -0.3 is 24.8 Å². The fourth-order valence-electron chi connectivity index (χ4n) is 4.60. The van der Waals surface area contributed by atoms with Crippen molar-refractivity contribution in [3.8, 4) is 11.5 Å². The van der Waals surface area contributed by atoms with Crippen LogP contribution in [0.15, 0.2) is 52.1 Å². The molecule has 0 aromatic heterocycles. The molecule has 0 saturated carbocycles. The van der Waals surface area contributed by atoms with Crippen molar-refractivity contribution in [3.63, 3.8) is 0 Å². The molecule has 0 fully saturated rings. The Morgan fingerprint density at radius 1 is 1.18 bits per heavy atom. The van der Waals surface area contributed by atoms with Crippen molar-refractivity contribution < 1.29 is 23.8 Å². The van der Waals surface area contributed by atoms with Crippen molar-refractivity contribution in [2.24, 2.45) is 11.8 Å². The molecule has 8 heteroatoms. The predicted molar refractivity (Wildman–Crippen MR) is 130 cm³/mol. The van der Waals surface area contributed by atoms with E-state index in [1.54, 1.807) is 7.11 Å². The van der Waals surface area contributed by atoms with E-state index in [9.17, 15) is 9.59 Å². The van der Waals surface area contributed by atoms with Gasteiger partial charge in [-0.25, -0.2) is 0 Å². The number of anilines is 2. The Hall–Kier alpha value is -3.00. The zero-order chi connectivity index (χ0) is 23.7. The maximum absolute atomic E-state index is 13.8. The first kappa shape index (κ1) is 23.2. The van der Waals surface area contributed by atoms with E-state index in [0.29, 0.717) is 34.6 Å². The fourth-order valence-corrected chi connectivity index (χ4v) is 5.22. The standard InChI is InChI=1S/C25H27BrN2O5/c1-5-33-19-12-14(11-15(26)24(19)31-3)22-21-18(27-16-8-6-7-9-17(16)28-22)10-13(2)20(23(21)29)25(30)32-4/h6-9,11-13,20,22,27-28H,5,10H2,1-4H3/t13-,20-,22+/m0/s1. The summed E-state index contributed by atoms with van der Waals surface area (Å²) in [6.45, 7) is 4.27. The quantitative estimate of drug-likeness (QED) is 0.424. The number of nitrogens with one attached hydrogen (secondary N) is 2. The van der Waals surface area contributed by atoms with Crippen LogP contribution in [-0.2, 0) is 14.3 Å². The molecule has 2 N–H and O–H groups in total. The smallest absolute Gasteiger partial charge is 0.316 e. The highest BCUT2D eigenvalue weighted by Gasteiger charge is 2.44. The number of benzene rings is 2. The molecule has 1 aliphatic heterocycles. The van der Waals surface area contributed by atoms with Crippen LogP contribution in [0.3, 0.4) is 0 Å². The van der Waals surface area contributed by atoms with Gasteiger partial charge in [0, 0.05) is 11.3 Å². The lowest BCUT2D eigenvalue weighted by molar-refractivity contribution is -0.151. The molecule has 0 unspecified atom stereocenters. The van der Waals surface area contributed by atoms with E-state index < -0.39 is 17.9 Å². The van der Waals surface area contributed by atoms with Gasteiger partial charge in [0.2, 0.25) is 0 Å². The first-order valence-electron chi connectivity index (χ1n) is 10.9. The number of hydrogen-bond donors (Lipinski definition) is 2. The Balaban J connectivity index is 1.91. The highest BCUT2D eigenvalue weighted by Crippen LogP contribution is 2.46. The zero-order valence-corrected chi connectivity index (χ0v) is 20.6. The first-order valence-corrected chi connectivity index (χ1v) is 11.7. The second kappa shape index (κ2) is 9.47. The number of esters is 1. The van der Waals surface area contributed by atoms with E-state index in [4.69, 9.17) is 14.2 Å². The largest absolute Gasteiger partial charge is 0.492 e. The Morgan fingerprint density at radius 3 is 2.58 bits per heavy atom. The van der Waals surface area contributed by atoms with Crippen molar-refractivity contribution in [1.82, 2.24) is 0 Å². The van der Waals surface area contributed by atoms with E-state index in [1.165, 1.54) is 7.11 Å². The van der Waals surface area contributed by atoms with Crippen LogP contribution in [0.25, 0.3) is 0 Å². The maximum atomic E-state index is 13.8. The highest BCUT2D eigenvalue weighted by atomic mass is 79.9. The second-order valence-corrected chi connectivity index (χ2v) is 9.01. The van der Waals surface area contributed by atoms with Gasteiger partial charge in [-0.3, -0.25) is 9.59 Å². The number of para-hydroxylation sites is 2. The van der Waals surface area contributed by atoms with E-state index in [1.807, 2.05) is 50.2 Å². The van der Waals surface area contributed by atoms with E-state index in [-0.39, 0.29) is 11.7 Å². The van der Waals surface area contributed by atoms with Crippen LogP contribution in [0.1, 0.15) is 31.9 Å². The number of ketones is 1. The Morgan fingerprint density at radius 2 is 1.91 bits per heavy atom. The van der Waals surface area contributed by atoms with Gasteiger partial charge in [-0.15, -0.1) is 0 Å². The van der Waals surface area contributed by atoms with Crippen molar-refractivity contribution in [3.05, 3.63) is 57.7 Å². The summed E-state index contributed by atoms with van der Waals surface area (Å²) >= 11 is 3.58. The van der Waals surface area contributed by atoms with Gasteiger partial charge in [0.05, 0.1) is 42.7 Å². The van der Waals surface area contributed by atoms with E-state index in [0.717, 1.165) is 22.6 Å². The van der Waals surface area contributed by atoms with Gasteiger partial charge in [0.1, 0.15) is 5.92 Å². The van der Waals surface area contributed by atoms with Gasteiger partial charge in [0.25, 0.3) is 0 Å². The molecule has 174 valence electrons. The third-order valence-electron chi connectivity index (χ3n) is 6.09. The molecule has 0 radical (unpaired) electrons. The van der Waals surface area contributed by atoms with Crippen molar-refractivity contribution in [2.45, 2.75) is 26.3 Å². The number of methoxy groups -OCH3 is 2. The average molecular weight is 515 g/mol. The molecular formula is C25H27BrN2O5. The van der Waals surface area contributed by atoms with E-state index in [2.05, 4.69) is 26.6 Å². The molecule has 0 spiro atoms. The SMILES string of the molecule is CCOc1cc([C@H]2Nc3ccccc3NC3=C2C(=O)[C@@H](C(=O)OC)[C@@H](C)C3)cc(Br)c1OC. The average Bonchev–Trinajstić information content (AvgIpc) is 2.95. The maximum Gasteiger partial charge on any atom is 0.316 e. The summed E-state index contributed by atoms with van der Waals surface area (Å²) in [5.74, 6) is -0.639. The minimum Gasteiger partial charge on any atom is -0.492 e. The lowest BCUT2D eigenvalue weighted by Crippen LogP contribution is -2.39. The monoisotopic (exact) mass is 514 g/mol. The Labute approximate surface area is 201 Å². The molecule has 0 bridgehead atoms. The molecule has 3 atom stereocenters. The molecule has 0 saturated heterocycles. The summed E-state index contributed by atoms with van der Waals surface area (Å²) in [5, 5.41) is 6.97. The number of hydrogen-bond acceptors (Lipinski definition) is 7. The third kappa shape index (κ3) is 4.19. The number of fused-ring (bicyclic) bond motifs is 1. The summed E-state index contributed by atoms with van der Waals surface area (Å²) in [6, 6.07) is 11.1. The number of Topliss-reactive ketones (excluding diaryl/α,β-unsaturated/α-hetero) is 1. The normalized spacial score (nSPS) is 21.7. The summed E-state index contributed by atoms with van der Waals surface area (Å²) in [5.41, 5.74) is 3.88.